The summed E-state index contributed by atoms with van der Waals surface area (Å²) >= 11 is 0. The number of hydrogen-bond donors (Lipinski definition) is 2. The molecule has 5 aliphatic carbocycles. The van der Waals surface area contributed by atoms with Gasteiger partial charge in [0.05, 0.1) is 11.7 Å². The molecule has 5 saturated carbocycles. The van der Waals surface area contributed by atoms with Crippen LogP contribution in [0.5, 0.6) is 0 Å². The first kappa shape index (κ1) is 27.0. The number of esters is 1. The largest absolute Gasteiger partial charge is 0.459 e. The summed E-state index contributed by atoms with van der Waals surface area (Å²) in [5.41, 5.74) is -0.691. The molecule has 36 heavy (non-hydrogen) atoms. The van der Waals surface area contributed by atoms with E-state index in [-0.39, 0.29) is 39.0 Å². The quantitative estimate of drug-likeness (QED) is 0.409. The minimum absolute atomic E-state index is 0.0215. The molecule has 0 radical (unpaired) electrons. The van der Waals surface area contributed by atoms with Crippen LogP contribution in [0.4, 0.5) is 0 Å². The fraction of sp³-hybridized carbons (Fsp3) is 0.969. The smallest absolute Gasteiger partial charge is 0.303 e. The van der Waals surface area contributed by atoms with Crippen LogP contribution in [0.25, 0.3) is 0 Å². The van der Waals surface area contributed by atoms with Crippen molar-refractivity contribution in [3.05, 3.63) is 0 Å². The second-order valence-corrected chi connectivity index (χ2v) is 16.2. The van der Waals surface area contributed by atoms with Crippen molar-refractivity contribution in [3.63, 3.8) is 0 Å². The Hall–Kier alpha value is -0.610. The summed E-state index contributed by atoms with van der Waals surface area (Å²) in [6.45, 7) is 20.1. The third kappa shape index (κ3) is 3.28. The lowest BCUT2D eigenvalue weighted by Gasteiger charge is -2.75. The Morgan fingerprint density at radius 2 is 1.50 bits per heavy atom. The lowest BCUT2D eigenvalue weighted by Crippen LogP contribution is -2.74. The van der Waals surface area contributed by atoms with Gasteiger partial charge in [-0.15, -0.1) is 0 Å². The summed E-state index contributed by atoms with van der Waals surface area (Å²) in [5, 5.41) is 23.3. The van der Waals surface area contributed by atoms with Crippen LogP contribution in [0.1, 0.15) is 120 Å². The molecule has 4 heteroatoms. The van der Waals surface area contributed by atoms with E-state index in [0.29, 0.717) is 23.7 Å². The lowest BCUT2D eigenvalue weighted by molar-refractivity contribution is -0.313. The number of aliphatic hydroxyl groups is 2. The number of carbonyl (C=O) groups excluding carboxylic acids is 1. The van der Waals surface area contributed by atoms with Gasteiger partial charge < -0.3 is 14.9 Å². The maximum Gasteiger partial charge on any atom is 0.303 e. The van der Waals surface area contributed by atoms with E-state index in [4.69, 9.17) is 4.74 Å². The fourth-order valence-electron chi connectivity index (χ4n) is 12.6. The predicted octanol–water partition coefficient (Wildman–Crippen LogP) is 6.76. The van der Waals surface area contributed by atoms with Gasteiger partial charge in [0.1, 0.15) is 6.10 Å². The lowest BCUT2D eigenvalue weighted by atomic mass is 9.31. The maximum absolute atomic E-state index is 12.6. The highest BCUT2D eigenvalue weighted by Crippen LogP contribution is 2.78. The highest BCUT2D eigenvalue weighted by molar-refractivity contribution is 5.66. The monoisotopic (exact) mass is 502 g/mol. The van der Waals surface area contributed by atoms with Gasteiger partial charge in [0.25, 0.3) is 0 Å². The Labute approximate surface area is 220 Å². The summed E-state index contributed by atoms with van der Waals surface area (Å²) in [6.07, 6.45) is 9.24. The molecule has 0 amide bonds. The van der Waals surface area contributed by atoms with Crippen molar-refractivity contribution in [1.29, 1.82) is 0 Å². The van der Waals surface area contributed by atoms with E-state index in [1.807, 2.05) is 13.8 Å². The average Bonchev–Trinajstić information content (AvgIpc) is 3.08. The van der Waals surface area contributed by atoms with Crippen LogP contribution in [0, 0.1) is 56.7 Å². The molecule has 0 unspecified atom stereocenters. The minimum Gasteiger partial charge on any atom is -0.459 e. The molecule has 4 nitrogen and oxygen atoms in total. The van der Waals surface area contributed by atoms with Gasteiger partial charge >= 0.3 is 5.97 Å². The molecule has 0 spiro atoms. The summed E-state index contributed by atoms with van der Waals surface area (Å²) in [7, 11) is 0. The van der Waals surface area contributed by atoms with Crippen LogP contribution in [0.2, 0.25) is 0 Å². The van der Waals surface area contributed by atoms with Gasteiger partial charge in [-0.2, -0.15) is 0 Å². The Kier molecular flexibility index (Phi) is 5.97. The molecule has 0 aromatic heterocycles. The van der Waals surface area contributed by atoms with E-state index in [9.17, 15) is 15.0 Å². The Morgan fingerprint density at radius 1 is 0.861 bits per heavy atom. The van der Waals surface area contributed by atoms with E-state index in [2.05, 4.69) is 41.5 Å². The van der Waals surface area contributed by atoms with Crippen molar-refractivity contribution >= 4 is 5.97 Å². The summed E-state index contributed by atoms with van der Waals surface area (Å²) in [5.74, 6) is 1.70. The zero-order valence-electron chi connectivity index (χ0n) is 24.6. The van der Waals surface area contributed by atoms with Gasteiger partial charge in [-0.3, -0.25) is 4.79 Å². The minimum atomic E-state index is -0.646. The second kappa shape index (κ2) is 7.96. The maximum atomic E-state index is 12.6. The number of ether oxygens (including phenoxy) is 1. The third-order valence-corrected chi connectivity index (χ3v) is 13.9. The molecule has 206 valence electrons. The van der Waals surface area contributed by atoms with Crippen molar-refractivity contribution in [3.8, 4) is 0 Å². The molecule has 5 rings (SSSR count). The Balaban J connectivity index is 1.63. The molecule has 0 aliphatic heterocycles. The number of fused-ring (bicyclic) bond motifs is 7. The fourth-order valence-corrected chi connectivity index (χ4v) is 12.6. The molecule has 0 aromatic carbocycles. The number of hydrogen-bond acceptors (Lipinski definition) is 4. The molecule has 0 saturated heterocycles. The van der Waals surface area contributed by atoms with Gasteiger partial charge in [0, 0.05) is 12.3 Å². The molecular weight excluding hydrogens is 448 g/mol. The van der Waals surface area contributed by atoms with Crippen molar-refractivity contribution in [2.24, 2.45) is 56.7 Å². The van der Waals surface area contributed by atoms with Gasteiger partial charge in [0.15, 0.2) is 0 Å². The normalized spacial score (nSPS) is 54.0. The van der Waals surface area contributed by atoms with Crippen molar-refractivity contribution in [2.45, 2.75) is 138 Å². The third-order valence-electron chi connectivity index (χ3n) is 13.9. The molecule has 5 fully saturated rings. The SMILES string of the molecule is CC(=O)O[C@H]1[C@H](O)[C@@H]2C(C)(C)CCC[C@]2(C)[C@H]2CC[C@@H]3[C@@]4(C)CC[C@H](C(C)(C)O)[C@@H]4CC[C@@]3(C)[C@@]21C. The molecule has 11 atom stereocenters. The van der Waals surface area contributed by atoms with E-state index < -0.39 is 17.8 Å². The zero-order valence-corrected chi connectivity index (χ0v) is 24.6. The number of aliphatic hydroxyl groups excluding tert-OH is 1. The molecular formula is C32H54O4. The van der Waals surface area contributed by atoms with Crippen molar-refractivity contribution < 1.29 is 19.7 Å². The first-order valence-corrected chi connectivity index (χ1v) is 15.0. The van der Waals surface area contributed by atoms with Crippen LogP contribution in [0.15, 0.2) is 0 Å². The first-order chi connectivity index (χ1) is 16.4. The van der Waals surface area contributed by atoms with E-state index in [1.54, 1.807) is 0 Å². The average molecular weight is 503 g/mol. The molecule has 5 aliphatic rings. The number of rotatable bonds is 2. The predicted molar refractivity (Wildman–Crippen MR) is 143 cm³/mol. The molecule has 0 aromatic rings. The van der Waals surface area contributed by atoms with Crippen LogP contribution in [-0.4, -0.2) is 34.0 Å². The van der Waals surface area contributed by atoms with Crippen LogP contribution < -0.4 is 0 Å². The highest BCUT2D eigenvalue weighted by Gasteiger charge is 2.75. The van der Waals surface area contributed by atoms with Gasteiger partial charge in [-0.25, -0.2) is 0 Å². The molecule has 0 heterocycles. The van der Waals surface area contributed by atoms with Crippen LogP contribution in [-0.2, 0) is 9.53 Å². The number of carbonyl (C=O) groups is 1. The standard InChI is InChI=1S/C32H54O4/c1-19(33)36-26-24(34)25-27(2,3)15-10-16-30(25,7)23-12-11-22-29(6)17-13-20(28(4,5)35)21(29)14-18-31(22,8)32(23,26)9/h20-26,34-35H,10-18H2,1-9H3/t20-,21-,22+,23+,24+,25+,26-,29-,30+,31+,32-/m0/s1. The molecule has 0 bridgehead atoms. The van der Waals surface area contributed by atoms with Crippen molar-refractivity contribution in [1.82, 2.24) is 0 Å². The van der Waals surface area contributed by atoms with E-state index >= 15 is 0 Å². The topological polar surface area (TPSA) is 66.8 Å². The van der Waals surface area contributed by atoms with E-state index in [0.717, 1.165) is 38.5 Å². The van der Waals surface area contributed by atoms with Crippen LogP contribution in [0.3, 0.4) is 0 Å². The highest BCUT2D eigenvalue weighted by atomic mass is 16.6. The van der Waals surface area contributed by atoms with Gasteiger partial charge in [0.2, 0.25) is 0 Å². The Morgan fingerprint density at radius 3 is 2.11 bits per heavy atom. The van der Waals surface area contributed by atoms with E-state index in [1.165, 1.54) is 26.2 Å². The summed E-state index contributed by atoms with van der Waals surface area (Å²) in [4.78, 5) is 12.6. The van der Waals surface area contributed by atoms with Crippen molar-refractivity contribution in [2.75, 3.05) is 0 Å². The van der Waals surface area contributed by atoms with Gasteiger partial charge in [-0.05, 0) is 116 Å². The first-order valence-electron chi connectivity index (χ1n) is 15.0. The Bertz CT molecular complexity index is 904. The van der Waals surface area contributed by atoms with Crippen LogP contribution >= 0.6 is 0 Å². The molecule has 2 N–H and O–H groups in total. The second-order valence-electron chi connectivity index (χ2n) is 16.2. The summed E-state index contributed by atoms with van der Waals surface area (Å²) < 4.78 is 6.27. The van der Waals surface area contributed by atoms with Gasteiger partial charge in [-0.1, -0.05) is 48.0 Å². The zero-order chi connectivity index (χ0) is 26.7. The summed E-state index contributed by atoms with van der Waals surface area (Å²) in [6, 6.07) is 0.